The highest BCUT2D eigenvalue weighted by atomic mass is 32.2. The SMILES string of the molecule is CCCCNC1=CC(S(=O)(=O)O)C(=[N+]([O-])[O-])c2nonc21. The smallest absolute Gasteiger partial charge is 0.282 e. The van der Waals surface area contributed by atoms with Crippen LogP contribution in [0.15, 0.2) is 10.7 Å². The lowest BCUT2D eigenvalue weighted by Crippen LogP contribution is -2.38. The second kappa shape index (κ2) is 5.69. The van der Waals surface area contributed by atoms with Crippen LogP contribution in [0.1, 0.15) is 31.2 Å². The number of hydrogen-bond acceptors (Lipinski definition) is 8. The summed E-state index contributed by atoms with van der Waals surface area (Å²) in [4.78, 5) is -0.916. The highest BCUT2D eigenvalue weighted by Crippen LogP contribution is 2.25. The van der Waals surface area contributed by atoms with E-state index in [-0.39, 0.29) is 17.1 Å². The number of fused-ring (bicyclic) bond motifs is 1. The van der Waals surface area contributed by atoms with Crippen LogP contribution in [0.25, 0.3) is 5.70 Å². The number of rotatable bonds is 5. The van der Waals surface area contributed by atoms with E-state index in [2.05, 4.69) is 20.3 Å². The third kappa shape index (κ3) is 2.97. The van der Waals surface area contributed by atoms with E-state index >= 15 is 0 Å². The van der Waals surface area contributed by atoms with Crippen molar-refractivity contribution in [1.82, 2.24) is 15.6 Å². The van der Waals surface area contributed by atoms with Crippen LogP contribution >= 0.6 is 0 Å². The molecule has 0 aliphatic heterocycles. The molecule has 1 heterocycles. The molecule has 1 aromatic rings. The topological polar surface area (TPSA) is 154 Å². The quantitative estimate of drug-likeness (QED) is 0.327. The van der Waals surface area contributed by atoms with Gasteiger partial charge in [-0.25, -0.2) is 4.63 Å². The molecule has 21 heavy (non-hydrogen) atoms. The molecule has 10 nitrogen and oxygen atoms in total. The van der Waals surface area contributed by atoms with Gasteiger partial charge in [-0.15, -0.1) is 0 Å². The highest BCUT2D eigenvalue weighted by molar-refractivity contribution is 7.87. The summed E-state index contributed by atoms with van der Waals surface area (Å²) in [5.74, 6) is 0. The second-order valence-corrected chi connectivity index (χ2v) is 5.94. The number of unbranched alkanes of at least 4 members (excludes halogenated alkanes) is 1. The summed E-state index contributed by atoms with van der Waals surface area (Å²) in [5.41, 5.74) is -0.801. The van der Waals surface area contributed by atoms with E-state index in [1.807, 2.05) is 6.92 Å². The van der Waals surface area contributed by atoms with Gasteiger partial charge in [0.1, 0.15) is 0 Å². The molecular formula is C10H13N4O6S-. The van der Waals surface area contributed by atoms with Gasteiger partial charge < -0.3 is 15.7 Å². The number of nitrogens with zero attached hydrogens (tertiary/aromatic N) is 3. The Labute approximate surface area is 120 Å². The third-order valence-corrected chi connectivity index (χ3v) is 3.94. The Balaban J connectivity index is 2.51. The Bertz CT molecular complexity index is 688. The van der Waals surface area contributed by atoms with Crippen LogP contribution in [0.4, 0.5) is 0 Å². The van der Waals surface area contributed by atoms with E-state index in [4.69, 9.17) is 0 Å². The molecule has 0 spiro atoms. The maximum Gasteiger partial charge on any atom is 0.282 e. The lowest BCUT2D eigenvalue weighted by atomic mass is 10.0. The van der Waals surface area contributed by atoms with E-state index in [0.29, 0.717) is 6.54 Å². The van der Waals surface area contributed by atoms with Gasteiger partial charge in [0.15, 0.2) is 10.9 Å². The zero-order chi connectivity index (χ0) is 15.6. The first-order valence-electron chi connectivity index (χ1n) is 6.12. The summed E-state index contributed by atoms with van der Waals surface area (Å²) < 4.78 is 36.4. The molecule has 2 N–H and O–H groups in total. The molecule has 1 aliphatic rings. The van der Waals surface area contributed by atoms with E-state index in [1.165, 1.54) is 0 Å². The van der Waals surface area contributed by atoms with Crippen LogP contribution in [-0.4, -0.2) is 45.7 Å². The average molecular weight is 317 g/mol. The Morgan fingerprint density at radius 1 is 1.43 bits per heavy atom. The van der Waals surface area contributed by atoms with Crippen molar-refractivity contribution in [3.63, 3.8) is 0 Å². The average Bonchev–Trinajstić information content (AvgIpc) is 2.85. The van der Waals surface area contributed by atoms with Gasteiger partial charge in [0, 0.05) is 6.54 Å². The van der Waals surface area contributed by atoms with Gasteiger partial charge >= 0.3 is 0 Å². The standard InChI is InChI=1S/C10H13N4O6S/c1-2-3-4-11-6-5-7(21(17,18)19)10(14(15)16)9-8(6)12-20-13-9/h5,7,11H,2-4H2,1H3,(H-,15,16,17,18,19)/q-1. The summed E-state index contributed by atoms with van der Waals surface area (Å²) in [6.07, 6.45) is 2.74. The van der Waals surface area contributed by atoms with Gasteiger partial charge in [-0.2, -0.15) is 13.3 Å². The minimum atomic E-state index is -4.71. The van der Waals surface area contributed by atoms with Gasteiger partial charge in [-0.05, 0) is 22.8 Å². The Hall–Kier alpha value is -2.14. The Kier molecular flexibility index (Phi) is 4.14. The first-order chi connectivity index (χ1) is 9.86. The minimum absolute atomic E-state index is 0.0534. The first kappa shape index (κ1) is 15.3. The summed E-state index contributed by atoms with van der Waals surface area (Å²) in [6, 6.07) is 0. The summed E-state index contributed by atoms with van der Waals surface area (Å²) >= 11 is 0. The van der Waals surface area contributed by atoms with Crippen LogP contribution in [-0.2, 0) is 10.1 Å². The maximum absolute atomic E-state index is 11.4. The largest absolute Gasteiger partial charge is 0.612 e. The van der Waals surface area contributed by atoms with Gasteiger partial charge in [-0.1, -0.05) is 13.3 Å². The zero-order valence-electron chi connectivity index (χ0n) is 11.0. The van der Waals surface area contributed by atoms with Crippen LogP contribution in [0.3, 0.4) is 0 Å². The second-order valence-electron chi connectivity index (χ2n) is 4.40. The summed E-state index contributed by atoms with van der Waals surface area (Å²) in [5, 5.41) is 30.2. The van der Waals surface area contributed by atoms with Crippen molar-refractivity contribution < 1.29 is 22.5 Å². The Morgan fingerprint density at radius 2 is 2.10 bits per heavy atom. The monoisotopic (exact) mass is 317 g/mol. The molecule has 1 atom stereocenters. The van der Waals surface area contributed by atoms with Crippen molar-refractivity contribution in [2.45, 2.75) is 25.0 Å². The molecule has 1 aliphatic carbocycles. The molecule has 1 aromatic heterocycles. The van der Waals surface area contributed by atoms with Crippen molar-refractivity contribution >= 4 is 21.5 Å². The van der Waals surface area contributed by atoms with Crippen molar-refractivity contribution in [2.75, 3.05) is 6.54 Å². The lowest BCUT2D eigenvalue weighted by Gasteiger charge is -2.20. The van der Waals surface area contributed by atoms with E-state index in [1.54, 1.807) is 0 Å². The van der Waals surface area contributed by atoms with E-state index < -0.39 is 26.0 Å². The highest BCUT2D eigenvalue weighted by Gasteiger charge is 2.42. The zero-order valence-corrected chi connectivity index (χ0v) is 11.8. The predicted molar refractivity (Wildman–Crippen MR) is 71.6 cm³/mol. The van der Waals surface area contributed by atoms with Gasteiger partial charge in [0.25, 0.3) is 15.8 Å². The van der Waals surface area contributed by atoms with Gasteiger partial charge in [0.05, 0.1) is 5.70 Å². The van der Waals surface area contributed by atoms with Crippen molar-refractivity contribution in [2.24, 2.45) is 0 Å². The lowest BCUT2D eigenvalue weighted by molar-refractivity contribution is -0.379. The predicted octanol–water partition coefficient (Wildman–Crippen LogP) is -0.133. The van der Waals surface area contributed by atoms with E-state index in [0.717, 1.165) is 18.9 Å². The van der Waals surface area contributed by atoms with Crippen LogP contribution < -0.4 is 5.32 Å². The molecule has 0 saturated carbocycles. The first-order valence-corrected chi connectivity index (χ1v) is 7.63. The molecule has 11 heteroatoms. The van der Waals surface area contributed by atoms with Crippen molar-refractivity contribution in [1.29, 1.82) is 0 Å². The summed E-state index contributed by atoms with van der Waals surface area (Å²) in [6.45, 7) is 2.49. The molecule has 0 aromatic carbocycles. The van der Waals surface area contributed by atoms with Crippen LogP contribution in [0, 0.1) is 10.4 Å². The maximum atomic E-state index is 11.4. The molecule has 1 unspecified atom stereocenters. The summed E-state index contributed by atoms with van der Waals surface area (Å²) in [7, 11) is -4.71. The minimum Gasteiger partial charge on any atom is -0.612 e. The third-order valence-electron chi connectivity index (χ3n) is 2.94. The number of hydrogen-bond donors (Lipinski definition) is 2. The van der Waals surface area contributed by atoms with Crippen molar-refractivity contribution in [3.8, 4) is 0 Å². The van der Waals surface area contributed by atoms with Crippen molar-refractivity contribution in [3.05, 3.63) is 27.9 Å². The molecule has 0 radical (unpaired) electrons. The molecule has 0 bridgehead atoms. The molecule has 0 saturated heterocycles. The van der Waals surface area contributed by atoms with Crippen LogP contribution in [0.2, 0.25) is 0 Å². The normalized spacial score (nSPS) is 18.1. The fourth-order valence-electron chi connectivity index (χ4n) is 1.94. The molecule has 0 fully saturated rings. The Morgan fingerprint density at radius 3 is 2.67 bits per heavy atom. The van der Waals surface area contributed by atoms with Gasteiger partial charge in [-0.3, -0.25) is 4.55 Å². The fraction of sp³-hybridized carbons (Fsp3) is 0.500. The number of aromatic nitrogens is 2. The molecule has 116 valence electrons. The van der Waals surface area contributed by atoms with Gasteiger partial charge in [0.2, 0.25) is 5.69 Å². The number of nitrogens with one attached hydrogen (secondary N) is 1. The van der Waals surface area contributed by atoms with E-state index in [9.17, 15) is 23.4 Å². The fourth-order valence-corrected chi connectivity index (χ4v) is 2.73. The molecular weight excluding hydrogens is 304 g/mol. The molecule has 2 rings (SSSR count). The van der Waals surface area contributed by atoms with Crippen LogP contribution in [0.5, 0.6) is 0 Å². The molecule has 0 amide bonds.